The highest BCUT2D eigenvalue weighted by molar-refractivity contribution is 7.92. The molecule has 53 heavy (non-hydrogen) atoms. The first-order valence-electron chi connectivity index (χ1n) is 17.5. The number of nitrogens with one attached hydrogen (secondary N) is 4. The van der Waals surface area contributed by atoms with Gasteiger partial charge in [-0.15, -0.1) is 0 Å². The molecule has 286 valence electrons. The summed E-state index contributed by atoms with van der Waals surface area (Å²) in [6.07, 6.45) is 1.49. The Balaban J connectivity index is 1.61. The third kappa shape index (κ3) is 11.3. The number of carbonyl (C=O) groups is 5. The Morgan fingerprint density at radius 2 is 1.62 bits per heavy atom. The molecule has 3 atom stereocenters. The van der Waals surface area contributed by atoms with Gasteiger partial charge in [0.25, 0.3) is 5.91 Å². The Labute approximate surface area is 310 Å². The predicted octanol–water partition coefficient (Wildman–Crippen LogP) is 1.08. The maximum Gasteiger partial charge on any atom is 0.253 e. The van der Waals surface area contributed by atoms with Crippen molar-refractivity contribution in [3.05, 3.63) is 77.4 Å². The minimum absolute atomic E-state index is 0.00965. The summed E-state index contributed by atoms with van der Waals surface area (Å²) in [5.74, 6) is -1.64. The lowest BCUT2D eigenvalue weighted by Gasteiger charge is -2.27. The van der Waals surface area contributed by atoms with Crippen molar-refractivity contribution in [2.75, 3.05) is 37.2 Å². The smallest absolute Gasteiger partial charge is 0.253 e. The van der Waals surface area contributed by atoms with Crippen LogP contribution in [-0.4, -0.2) is 103 Å². The van der Waals surface area contributed by atoms with Crippen molar-refractivity contribution in [1.29, 1.82) is 0 Å². The van der Waals surface area contributed by atoms with Crippen molar-refractivity contribution >= 4 is 45.2 Å². The van der Waals surface area contributed by atoms with Gasteiger partial charge in [0.1, 0.15) is 24.5 Å². The predicted molar refractivity (Wildman–Crippen MR) is 198 cm³/mol. The SMILES string of the molecule is Cc1nc2n(n1)CC(=O)NCCN(C(=O)c1ccc(N(C)S(C)(=O)=O)cc1)CCCC(=O)N[C@@H](C)C(=O)N[C@H](Cc1ccccc1)C(=O)N[C@H]2C(C)C. The van der Waals surface area contributed by atoms with E-state index in [-0.39, 0.29) is 57.3 Å². The molecule has 0 saturated carbocycles. The summed E-state index contributed by atoms with van der Waals surface area (Å²) in [5, 5.41) is 15.8. The zero-order chi connectivity index (χ0) is 38.9. The Kier molecular flexibility index (Phi) is 13.7. The van der Waals surface area contributed by atoms with E-state index < -0.39 is 51.8 Å². The Morgan fingerprint density at radius 3 is 2.26 bits per heavy atom. The molecule has 3 aromatic rings. The molecule has 0 saturated heterocycles. The fourth-order valence-corrected chi connectivity index (χ4v) is 6.30. The zero-order valence-corrected chi connectivity index (χ0v) is 31.8. The minimum atomic E-state index is -3.51. The molecule has 0 aliphatic carbocycles. The maximum absolute atomic E-state index is 13.9. The molecular weight excluding hydrogens is 703 g/mol. The lowest BCUT2D eigenvalue weighted by atomic mass is 10.0. The van der Waals surface area contributed by atoms with Crippen LogP contribution >= 0.6 is 0 Å². The van der Waals surface area contributed by atoms with E-state index in [0.717, 1.165) is 16.1 Å². The van der Waals surface area contributed by atoms with E-state index in [0.29, 0.717) is 22.9 Å². The van der Waals surface area contributed by atoms with Gasteiger partial charge >= 0.3 is 0 Å². The molecule has 0 fully saturated rings. The molecule has 0 radical (unpaired) electrons. The van der Waals surface area contributed by atoms with Crippen molar-refractivity contribution in [3.8, 4) is 0 Å². The van der Waals surface area contributed by atoms with Crippen LogP contribution in [0.5, 0.6) is 0 Å². The molecule has 0 bridgehead atoms. The summed E-state index contributed by atoms with van der Waals surface area (Å²) in [6, 6.07) is 12.7. The van der Waals surface area contributed by atoms with Crippen LogP contribution in [0.2, 0.25) is 0 Å². The molecule has 1 aromatic heterocycles. The fourth-order valence-electron chi connectivity index (χ4n) is 5.79. The van der Waals surface area contributed by atoms with Crippen LogP contribution in [0, 0.1) is 12.8 Å². The number of aromatic nitrogens is 3. The van der Waals surface area contributed by atoms with Gasteiger partial charge in [-0.1, -0.05) is 44.2 Å². The highest BCUT2D eigenvalue weighted by atomic mass is 32.2. The van der Waals surface area contributed by atoms with E-state index in [2.05, 4.69) is 31.3 Å². The summed E-state index contributed by atoms with van der Waals surface area (Å²) < 4.78 is 26.5. The summed E-state index contributed by atoms with van der Waals surface area (Å²) >= 11 is 0. The number of benzene rings is 2. The van der Waals surface area contributed by atoms with E-state index in [4.69, 9.17) is 0 Å². The van der Waals surface area contributed by atoms with Crippen LogP contribution in [0.4, 0.5) is 5.69 Å². The molecule has 4 rings (SSSR count). The Hall–Kier alpha value is -5.32. The van der Waals surface area contributed by atoms with Crippen LogP contribution in [0.3, 0.4) is 0 Å². The van der Waals surface area contributed by atoms with E-state index in [9.17, 15) is 32.4 Å². The van der Waals surface area contributed by atoms with Gasteiger partial charge in [-0.2, -0.15) is 5.10 Å². The molecule has 4 N–H and O–H groups in total. The van der Waals surface area contributed by atoms with E-state index in [1.807, 2.05) is 44.2 Å². The van der Waals surface area contributed by atoms with Crippen LogP contribution in [-0.2, 0) is 42.2 Å². The summed E-state index contributed by atoms with van der Waals surface area (Å²) in [7, 11) is -2.09. The van der Waals surface area contributed by atoms with E-state index in [1.165, 1.54) is 47.8 Å². The third-order valence-electron chi connectivity index (χ3n) is 8.83. The molecule has 2 aromatic carbocycles. The van der Waals surface area contributed by atoms with Crippen molar-refractivity contribution in [2.45, 2.75) is 71.6 Å². The second kappa shape index (κ2) is 17.9. The fraction of sp³-hybridized carbons (Fsp3) is 0.472. The van der Waals surface area contributed by atoms with Gasteiger partial charge in [0.2, 0.25) is 33.7 Å². The number of aryl methyl sites for hydroxylation is 1. The van der Waals surface area contributed by atoms with E-state index >= 15 is 0 Å². The van der Waals surface area contributed by atoms with Crippen LogP contribution in [0.25, 0.3) is 0 Å². The lowest BCUT2D eigenvalue weighted by molar-refractivity contribution is -0.132. The van der Waals surface area contributed by atoms with Gasteiger partial charge in [-0.05, 0) is 56.0 Å². The van der Waals surface area contributed by atoms with Crippen molar-refractivity contribution in [3.63, 3.8) is 0 Å². The number of anilines is 1. The largest absolute Gasteiger partial charge is 0.353 e. The molecular formula is C36H49N9O7S. The highest BCUT2D eigenvalue weighted by Crippen LogP contribution is 2.22. The van der Waals surface area contributed by atoms with Crippen molar-refractivity contribution < 1.29 is 32.4 Å². The van der Waals surface area contributed by atoms with Crippen LogP contribution in [0.15, 0.2) is 54.6 Å². The van der Waals surface area contributed by atoms with E-state index in [1.54, 1.807) is 6.92 Å². The summed E-state index contributed by atoms with van der Waals surface area (Å²) in [4.78, 5) is 73.2. The minimum Gasteiger partial charge on any atom is -0.353 e. The normalized spacial score (nSPS) is 20.1. The van der Waals surface area contributed by atoms with Gasteiger partial charge in [-0.3, -0.25) is 28.3 Å². The second-order valence-corrected chi connectivity index (χ2v) is 15.5. The molecule has 16 nitrogen and oxygen atoms in total. The first kappa shape index (κ1) is 40.5. The van der Waals surface area contributed by atoms with Crippen molar-refractivity contribution in [1.82, 2.24) is 40.9 Å². The van der Waals surface area contributed by atoms with Crippen LogP contribution < -0.4 is 25.6 Å². The van der Waals surface area contributed by atoms with Gasteiger partial charge in [0.15, 0.2) is 5.82 Å². The molecule has 5 amide bonds. The topological polar surface area (TPSA) is 205 Å². The molecule has 17 heteroatoms. The number of rotatable bonds is 6. The zero-order valence-electron chi connectivity index (χ0n) is 31.0. The van der Waals surface area contributed by atoms with Gasteiger partial charge in [-0.25, -0.2) is 18.1 Å². The molecule has 1 aliphatic rings. The molecule has 1 aliphatic heterocycles. The molecule has 0 spiro atoms. The summed E-state index contributed by atoms with van der Waals surface area (Å²) in [5.41, 5.74) is 1.48. The first-order chi connectivity index (χ1) is 25.0. The number of amides is 5. The molecule has 2 heterocycles. The standard InChI is InChI=1S/C36H49N9O7S/c1-23(2)32-33-39-25(4)42-45(33)22-31(47)37-18-20-44(36(50)27-14-16-28(17-15-27)43(5)53(6,51)52)19-10-13-30(46)38-24(3)34(48)40-29(35(49)41-32)21-26-11-8-7-9-12-26/h7-9,11-12,14-17,23-24,29,32H,10,13,18-22H2,1-6H3,(H,37,47)(H,38,46)(H,40,48)(H,41,49)/t24-,29+,32-/m0/s1. The van der Waals surface area contributed by atoms with Gasteiger partial charge in [0.05, 0.1) is 18.0 Å². The average molecular weight is 752 g/mol. The van der Waals surface area contributed by atoms with Crippen LogP contribution in [0.1, 0.15) is 67.2 Å². The maximum atomic E-state index is 13.9. The highest BCUT2D eigenvalue weighted by Gasteiger charge is 2.31. The number of hydrogen-bond acceptors (Lipinski definition) is 9. The van der Waals surface area contributed by atoms with Gasteiger partial charge < -0.3 is 26.2 Å². The van der Waals surface area contributed by atoms with Crippen molar-refractivity contribution in [2.24, 2.45) is 5.92 Å². The lowest BCUT2D eigenvalue weighted by Crippen LogP contribution is -2.54. The summed E-state index contributed by atoms with van der Waals surface area (Å²) in [6.45, 7) is 7.12. The number of sulfonamides is 1. The monoisotopic (exact) mass is 751 g/mol. The van der Waals surface area contributed by atoms with Gasteiger partial charge in [0, 0.05) is 45.1 Å². The third-order valence-corrected chi connectivity index (χ3v) is 10.0. The number of nitrogens with zero attached hydrogens (tertiary/aromatic N) is 5. The number of hydrogen-bond donors (Lipinski definition) is 4. The number of carbonyl (C=O) groups excluding carboxylic acids is 5. The average Bonchev–Trinajstić information content (AvgIpc) is 3.46. The second-order valence-electron chi connectivity index (χ2n) is 13.5. The Morgan fingerprint density at radius 1 is 0.943 bits per heavy atom. The Bertz CT molecular complexity index is 1880. The number of fused-ring (bicyclic) bond motifs is 1. The molecule has 0 unspecified atom stereocenters. The quantitative estimate of drug-likeness (QED) is 0.284. The first-order valence-corrected chi connectivity index (χ1v) is 19.3.